The van der Waals surface area contributed by atoms with Gasteiger partial charge in [-0.15, -0.1) is 0 Å². The molecule has 22 heavy (non-hydrogen) atoms. The Hall–Kier alpha value is -2.84. The summed E-state index contributed by atoms with van der Waals surface area (Å²) in [6.07, 6.45) is 1.39. The molecule has 0 aliphatic heterocycles. The fourth-order valence-electron chi connectivity index (χ4n) is 1.63. The second kappa shape index (κ2) is 7.81. The van der Waals surface area contributed by atoms with Crippen LogP contribution in [0.2, 0.25) is 0 Å². The van der Waals surface area contributed by atoms with Crippen molar-refractivity contribution in [2.45, 2.75) is 25.0 Å². The summed E-state index contributed by atoms with van der Waals surface area (Å²) in [4.78, 5) is 40.3. The number of rotatable bonds is 8. The molecule has 2 unspecified atom stereocenters. The van der Waals surface area contributed by atoms with E-state index in [1.54, 1.807) is 7.05 Å². The van der Waals surface area contributed by atoms with Gasteiger partial charge in [-0.2, -0.15) is 4.79 Å². The molecule has 3 N–H and O–H groups in total. The molecule has 1 aromatic heterocycles. The number of Topliss-reactive ketones (excluding diaryl/α,β-unsaturated/α-hetero) is 1. The maximum Gasteiger partial charge on any atom is 0.326 e. The highest BCUT2D eigenvalue weighted by atomic mass is 16.4. The highest BCUT2D eigenvalue weighted by Crippen LogP contribution is 2.10. The van der Waals surface area contributed by atoms with Crippen LogP contribution in [-0.2, 0) is 21.4 Å². The smallest absolute Gasteiger partial charge is 0.326 e. The third kappa shape index (κ3) is 4.93. The van der Waals surface area contributed by atoms with Gasteiger partial charge in [0.25, 0.3) is 5.91 Å². The number of aryl methyl sites for hydroxylation is 1. The Balaban J connectivity index is 2.66. The monoisotopic (exact) mass is 309 g/mol. The fourth-order valence-corrected chi connectivity index (χ4v) is 1.63. The number of nitrogens with zero attached hydrogens (tertiary/aromatic N) is 4. The van der Waals surface area contributed by atoms with Crippen molar-refractivity contribution in [2.24, 2.45) is 7.05 Å². The molecule has 1 heterocycles. The van der Waals surface area contributed by atoms with Gasteiger partial charge in [0.15, 0.2) is 6.10 Å². The molecule has 10 heteroatoms. The number of hydrogen-bond donors (Lipinski definition) is 3. The minimum Gasteiger partial charge on any atom is -0.480 e. The largest absolute Gasteiger partial charge is 0.480 e. The SMILES string of the molecule is Cn1cnc(C(O)C(=O)NC(CCC(=O)C=[N+]=[N-])C(=O)O)c1. The number of hydrogen-bond acceptors (Lipinski definition) is 5. The number of aliphatic hydroxyl groups excluding tert-OH is 1. The number of aliphatic hydroxyl groups is 1. The molecule has 1 aromatic rings. The standard InChI is InChI=1S/C12H15N5O5/c1-17-5-9(14-6-17)10(19)11(20)16-8(12(21)22)3-2-7(18)4-15-13/h4-6,8,10,19H,2-3H2,1H3,(H,16,20)(H,21,22). The number of amides is 1. The third-order valence-corrected chi connectivity index (χ3v) is 2.75. The molecule has 1 rings (SSSR count). The van der Waals surface area contributed by atoms with Crippen LogP contribution < -0.4 is 5.32 Å². The van der Waals surface area contributed by atoms with Crippen molar-refractivity contribution >= 4 is 23.9 Å². The van der Waals surface area contributed by atoms with Crippen LogP contribution >= 0.6 is 0 Å². The lowest BCUT2D eigenvalue weighted by Crippen LogP contribution is -2.43. The summed E-state index contributed by atoms with van der Waals surface area (Å²) in [5.41, 5.74) is 8.25. The number of carboxylic acids is 1. The van der Waals surface area contributed by atoms with Gasteiger partial charge < -0.3 is 25.6 Å². The first-order valence-electron chi connectivity index (χ1n) is 6.24. The molecule has 2 atom stereocenters. The van der Waals surface area contributed by atoms with E-state index in [9.17, 15) is 19.5 Å². The first kappa shape index (κ1) is 17.2. The lowest BCUT2D eigenvalue weighted by Gasteiger charge is -2.15. The Labute approximate surface area is 125 Å². The summed E-state index contributed by atoms with van der Waals surface area (Å²) in [6.45, 7) is 0. The van der Waals surface area contributed by atoms with E-state index in [0.717, 1.165) is 0 Å². The number of nitrogens with one attached hydrogen (secondary N) is 1. The number of aliphatic carboxylic acids is 1. The molecular weight excluding hydrogens is 294 g/mol. The Kier molecular flexibility index (Phi) is 6.11. The van der Waals surface area contributed by atoms with E-state index >= 15 is 0 Å². The van der Waals surface area contributed by atoms with Crippen molar-refractivity contribution in [3.05, 3.63) is 23.7 Å². The molecule has 0 spiro atoms. The van der Waals surface area contributed by atoms with Crippen LogP contribution in [-0.4, -0.2) is 54.5 Å². The summed E-state index contributed by atoms with van der Waals surface area (Å²) in [6, 6.07) is -1.36. The lowest BCUT2D eigenvalue weighted by atomic mass is 10.1. The van der Waals surface area contributed by atoms with Crippen LogP contribution in [0.4, 0.5) is 0 Å². The zero-order valence-electron chi connectivity index (χ0n) is 11.7. The quantitative estimate of drug-likeness (QED) is 0.306. The predicted octanol–water partition coefficient (Wildman–Crippen LogP) is -1.33. The average Bonchev–Trinajstić information content (AvgIpc) is 2.88. The van der Waals surface area contributed by atoms with Gasteiger partial charge in [-0.3, -0.25) is 9.59 Å². The van der Waals surface area contributed by atoms with Crippen LogP contribution in [0.1, 0.15) is 24.6 Å². The summed E-state index contributed by atoms with van der Waals surface area (Å²) >= 11 is 0. The zero-order chi connectivity index (χ0) is 16.7. The Morgan fingerprint density at radius 1 is 1.55 bits per heavy atom. The van der Waals surface area contributed by atoms with Gasteiger partial charge in [0, 0.05) is 19.7 Å². The average molecular weight is 309 g/mol. The number of carbonyl (C=O) groups excluding carboxylic acids is 2. The maximum absolute atomic E-state index is 11.8. The highest BCUT2D eigenvalue weighted by molar-refractivity contribution is 6.25. The summed E-state index contributed by atoms with van der Waals surface area (Å²) < 4.78 is 1.52. The van der Waals surface area contributed by atoms with E-state index in [2.05, 4.69) is 15.1 Å². The zero-order valence-corrected chi connectivity index (χ0v) is 11.7. The second-order valence-corrected chi connectivity index (χ2v) is 4.52. The van der Waals surface area contributed by atoms with E-state index < -0.39 is 29.8 Å². The molecule has 0 aliphatic rings. The number of carboxylic acid groups (broad SMARTS) is 1. The number of carbonyl (C=O) groups is 3. The molecular formula is C12H15N5O5. The Morgan fingerprint density at radius 2 is 2.23 bits per heavy atom. The van der Waals surface area contributed by atoms with E-state index in [4.69, 9.17) is 10.6 Å². The minimum absolute atomic E-state index is 0.0765. The molecule has 1 amide bonds. The normalized spacial score (nSPS) is 12.8. The van der Waals surface area contributed by atoms with Crippen LogP contribution in [0.5, 0.6) is 0 Å². The molecule has 0 fully saturated rings. The van der Waals surface area contributed by atoms with Crippen molar-refractivity contribution in [1.82, 2.24) is 14.9 Å². The molecule has 10 nitrogen and oxygen atoms in total. The summed E-state index contributed by atoms with van der Waals surface area (Å²) in [5, 5.41) is 20.9. The molecule has 118 valence electrons. The van der Waals surface area contributed by atoms with Crippen LogP contribution in [0.25, 0.3) is 5.53 Å². The van der Waals surface area contributed by atoms with Gasteiger partial charge in [-0.1, -0.05) is 0 Å². The van der Waals surface area contributed by atoms with Crippen LogP contribution in [0, 0.1) is 0 Å². The van der Waals surface area contributed by atoms with Crippen LogP contribution in [0.3, 0.4) is 0 Å². The molecule has 0 saturated heterocycles. The number of aromatic nitrogens is 2. The lowest BCUT2D eigenvalue weighted by molar-refractivity contribution is -0.143. The Morgan fingerprint density at radius 3 is 2.73 bits per heavy atom. The minimum atomic E-state index is -1.61. The molecule has 0 bridgehead atoms. The van der Waals surface area contributed by atoms with Crippen molar-refractivity contribution in [3.63, 3.8) is 0 Å². The fraction of sp³-hybridized carbons (Fsp3) is 0.417. The van der Waals surface area contributed by atoms with Gasteiger partial charge in [0.05, 0.1) is 12.0 Å². The van der Waals surface area contributed by atoms with Gasteiger partial charge in [-0.25, -0.2) is 9.78 Å². The Bertz CT molecular complexity index is 619. The third-order valence-electron chi connectivity index (χ3n) is 2.75. The molecule has 0 aliphatic carbocycles. The van der Waals surface area contributed by atoms with E-state index in [1.807, 2.05) is 0 Å². The van der Waals surface area contributed by atoms with E-state index in [-0.39, 0.29) is 18.5 Å². The van der Waals surface area contributed by atoms with Crippen LogP contribution in [0.15, 0.2) is 12.5 Å². The topological polar surface area (TPSA) is 158 Å². The second-order valence-electron chi connectivity index (χ2n) is 4.52. The molecule has 0 radical (unpaired) electrons. The number of ketones is 1. The first-order valence-corrected chi connectivity index (χ1v) is 6.24. The van der Waals surface area contributed by atoms with E-state index in [1.165, 1.54) is 17.1 Å². The highest BCUT2D eigenvalue weighted by Gasteiger charge is 2.26. The number of imidazole rings is 1. The maximum atomic E-state index is 11.8. The van der Waals surface area contributed by atoms with Crippen molar-refractivity contribution in [3.8, 4) is 0 Å². The van der Waals surface area contributed by atoms with Gasteiger partial charge in [-0.05, 0) is 6.42 Å². The van der Waals surface area contributed by atoms with Gasteiger partial charge in [0.1, 0.15) is 6.04 Å². The summed E-state index contributed by atoms with van der Waals surface area (Å²) in [5.74, 6) is -2.88. The molecule has 0 aromatic carbocycles. The van der Waals surface area contributed by atoms with Gasteiger partial charge >= 0.3 is 12.2 Å². The van der Waals surface area contributed by atoms with Gasteiger partial charge in [0.2, 0.25) is 5.78 Å². The van der Waals surface area contributed by atoms with Crippen molar-refractivity contribution in [2.75, 3.05) is 0 Å². The van der Waals surface area contributed by atoms with E-state index in [0.29, 0.717) is 6.21 Å². The first-order chi connectivity index (χ1) is 10.3. The molecule has 0 saturated carbocycles. The summed E-state index contributed by atoms with van der Waals surface area (Å²) in [7, 11) is 1.65. The van der Waals surface area contributed by atoms with Crippen molar-refractivity contribution in [1.29, 1.82) is 0 Å². The van der Waals surface area contributed by atoms with Crippen molar-refractivity contribution < 1.29 is 29.4 Å². The predicted molar refractivity (Wildman–Crippen MR) is 71.7 cm³/mol.